The van der Waals surface area contributed by atoms with E-state index in [1.165, 1.54) is 0 Å². The van der Waals surface area contributed by atoms with Crippen LogP contribution in [0.2, 0.25) is 10.0 Å². The Morgan fingerprint density at radius 1 is 1.03 bits per heavy atom. The molecule has 2 aromatic heterocycles. The molecule has 0 amide bonds. The fraction of sp³-hybridized carbons (Fsp3) is 0.609. The Bertz CT molecular complexity index is 919. The van der Waals surface area contributed by atoms with Crippen LogP contribution in [0.25, 0.3) is 0 Å². The molecule has 3 fully saturated rings. The number of hydrogen-bond donors (Lipinski definition) is 3. The van der Waals surface area contributed by atoms with E-state index in [9.17, 15) is 0 Å². The Labute approximate surface area is 204 Å². The fourth-order valence-electron chi connectivity index (χ4n) is 5.34. The van der Waals surface area contributed by atoms with Gasteiger partial charge >= 0.3 is 0 Å². The van der Waals surface area contributed by atoms with Gasteiger partial charge in [0, 0.05) is 61.6 Å². The average Bonchev–Trinajstić information content (AvgIpc) is 3.04. The third-order valence-corrected chi connectivity index (χ3v) is 7.64. The van der Waals surface area contributed by atoms with Crippen LogP contribution in [0.15, 0.2) is 24.8 Å². The maximum absolute atomic E-state index is 6.45. The molecule has 2 saturated heterocycles. The molecule has 4 unspecified atom stereocenters. The molecule has 178 valence electrons. The van der Waals surface area contributed by atoms with E-state index in [1.807, 2.05) is 19.3 Å². The molecular formula is C23H31Cl2N7O. The number of halogens is 2. The van der Waals surface area contributed by atoms with Crippen LogP contribution in [0.3, 0.4) is 0 Å². The quantitative estimate of drug-likeness (QED) is 0.586. The highest BCUT2D eigenvalue weighted by Gasteiger charge is 2.42. The number of nitrogens with zero attached hydrogens (tertiary/aromatic N) is 4. The van der Waals surface area contributed by atoms with Crippen LogP contribution in [0, 0.1) is 5.92 Å². The number of fused-ring (bicyclic) bond motifs is 1. The molecule has 0 spiro atoms. The summed E-state index contributed by atoms with van der Waals surface area (Å²) in [5, 5.41) is 4.51. The number of nitrogens with one attached hydrogen (secondary N) is 3. The number of hydrazine groups is 1. The van der Waals surface area contributed by atoms with Crippen molar-refractivity contribution < 1.29 is 4.74 Å². The summed E-state index contributed by atoms with van der Waals surface area (Å²) in [4.78, 5) is 15.7. The Morgan fingerprint density at radius 2 is 1.82 bits per heavy atom. The van der Waals surface area contributed by atoms with Gasteiger partial charge in [0.15, 0.2) is 0 Å². The lowest BCUT2D eigenvalue weighted by molar-refractivity contribution is -0.0370. The smallest absolute Gasteiger partial charge is 0.225 e. The molecule has 2 aromatic rings. The second kappa shape index (κ2) is 10.4. The van der Waals surface area contributed by atoms with Gasteiger partial charge in [-0.25, -0.2) is 15.4 Å². The SMILES string of the molecule is C[C@@H](OC1CCC2NNC(c3cnc(N4CCCNCC4)nc3)C2C1)c1c(Cl)cncc1Cl. The van der Waals surface area contributed by atoms with Crippen molar-refractivity contribution in [2.75, 3.05) is 31.1 Å². The topological polar surface area (TPSA) is 87.2 Å². The molecule has 3 N–H and O–H groups in total. The maximum atomic E-state index is 6.45. The van der Waals surface area contributed by atoms with Crippen LogP contribution in [-0.2, 0) is 4.74 Å². The van der Waals surface area contributed by atoms with Crippen molar-refractivity contribution in [3.63, 3.8) is 0 Å². The fourth-order valence-corrected chi connectivity index (χ4v) is 6.01. The van der Waals surface area contributed by atoms with Crippen molar-refractivity contribution in [1.82, 2.24) is 31.1 Å². The van der Waals surface area contributed by atoms with E-state index in [0.29, 0.717) is 22.0 Å². The van der Waals surface area contributed by atoms with Crippen molar-refractivity contribution >= 4 is 29.2 Å². The monoisotopic (exact) mass is 491 g/mol. The molecule has 0 aromatic carbocycles. The number of hydrogen-bond acceptors (Lipinski definition) is 8. The third kappa shape index (κ3) is 5.11. The molecule has 3 aliphatic rings. The van der Waals surface area contributed by atoms with Gasteiger partial charge in [-0.15, -0.1) is 0 Å². The zero-order valence-corrected chi connectivity index (χ0v) is 20.3. The molecule has 1 aliphatic carbocycles. The standard InChI is InChI=1S/C23H31Cl2N7O/c1-14(21-18(24)12-27-13-19(21)25)33-16-3-4-20-17(9-16)22(31-30-20)15-10-28-23(29-11-15)32-7-2-5-26-6-8-32/h10-14,16-17,20,22,26,30-31H,2-9H2,1H3/t14-,16?,17?,20?,22?/m1/s1. The molecule has 5 rings (SSSR count). The van der Waals surface area contributed by atoms with Gasteiger partial charge < -0.3 is 15.0 Å². The number of ether oxygens (including phenoxy) is 1. The molecule has 0 bridgehead atoms. The molecule has 0 radical (unpaired) electrons. The summed E-state index contributed by atoms with van der Waals surface area (Å²) in [6, 6.07) is 0.569. The Hall–Kier alpha value is -1.55. The second-order valence-corrected chi connectivity index (χ2v) is 9.99. The van der Waals surface area contributed by atoms with E-state index in [1.54, 1.807) is 12.4 Å². The van der Waals surface area contributed by atoms with Crippen LogP contribution in [0.5, 0.6) is 0 Å². The van der Waals surface area contributed by atoms with E-state index in [2.05, 4.69) is 26.1 Å². The number of pyridine rings is 1. The third-order valence-electron chi connectivity index (χ3n) is 7.04. The summed E-state index contributed by atoms with van der Waals surface area (Å²) in [6.45, 7) is 5.96. The van der Waals surface area contributed by atoms with Gasteiger partial charge in [0.25, 0.3) is 0 Å². The highest BCUT2D eigenvalue weighted by Crippen LogP contribution is 2.41. The molecule has 2 aliphatic heterocycles. The Balaban J connectivity index is 1.25. The second-order valence-electron chi connectivity index (χ2n) is 9.17. The maximum Gasteiger partial charge on any atom is 0.225 e. The Kier molecular flexibility index (Phi) is 7.30. The first-order valence-electron chi connectivity index (χ1n) is 11.8. The van der Waals surface area contributed by atoms with E-state index < -0.39 is 0 Å². The molecule has 8 nitrogen and oxygen atoms in total. The lowest BCUT2D eigenvalue weighted by atomic mass is 9.78. The minimum atomic E-state index is -0.193. The van der Waals surface area contributed by atoms with Gasteiger partial charge in [0.2, 0.25) is 5.95 Å². The average molecular weight is 492 g/mol. The van der Waals surface area contributed by atoms with Crippen LogP contribution in [0.1, 0.15) is 55.9 Å². The van der Waals surface area contributed by atoms with Gasteiger partial charge in [0.1, 0.15) is 0 Å². The minimum Gasteiger partial charge on any atom is -0.370 e. The first kappa shape index (κ1) is 23.2. The highest BCUT2D eigenvalue weighted by atomic mass is 35.5. The van der Waals surface area contributed by atoms with E-state index in [-0.39, 0.29) is 18.2 Å². The Morgan fingerprint density at radius 3 is 2.61 bits per heavy atom. The minimum absolute atomic E-state index is 0.135. The van der Waals surface area contributed by atoms with Crippen LogP contribution in [-0.4, -0.2) is 53.3 Å². The van der Waals surface area contributed by atoms with Crippen molar-refractivity contribution in [3.8, 4) is 0 Å². The number of anilines is 1. The molecular weight excluding hydrogens is 461 g/mol. The van der Waals surface area contributed by atoms with Gasteiger partial charge in [-0.3, -0.25) is 10.4 Å². The zero-order valence-electron chi connectivity index (χ0n) is 18.8. The van der Waals surface area contributed by atoms with Crippen molar-refractivity contribution in [2.45, 2.75) is 56.9 Å². The van der Waals surface area contributed by atoms with E-state index in [4.69, 9.17) is 37.9 Å². The number of aromatic nitrogens is 3. The van der Waals surface area contributed by atoms with Gasteiger partial charge in [-0.05, 0) is 45.1 Å². The van der Waals surface area contributed by atoms with Crippen LogP contribution in [0.4, 0.5) is 5.95 Å². The lowest BCUT2D eigenvalue weighted by Gasteiger charge is -2.34. The predicted octanol–water partition coefficient (Wildman–Crippen LogP) is 3.44. The summed E-state index contributed by atoms with van der Waals surface area (Å²) in [7, 11) is 0. The summed E-state index contributed by atoms with van der Waals surface area (Å²) in [6.07, 6.45) is 11.2. The highest BCUT2D eigenvalue weighted by molar-refractivity contribution is 6.35. The first-order valence-corrected chi connectivity index (χ1v) is 12.6. The van der Waals surface area contributed by atoms with Gasteiger partial charge in [0.05, 0.1) is 28.3 Å². The first-order chi connectivity index (χ1) is 16.1. The molecule has 1 saturated carbocycles. The van der Waals surface area contributed by atoms with Crippen molar-refractivity contribution in [1.29, 1.82) is 0 Å². The van der Waals surface area contributed by atoms with Crippen LogP contribution >= 0.6 is 23.2 Å². The van der Waals surface area contributed by atoms with Gasteiger partial charge in [-0.1, -0.05) is 23.2 Å². The summed E-state index contributed by atoms with van der Waals surface area (Å²) in [5.74, 6) is 1.21. The van der Waals surface area contributed by atoms with Crippen molar-refractivity contribution in [3.05, 3.63) is 46.0 Å². The zero-order chi connectivity index (χ0) is 22.8. The number of rotatable bonds is 5. The molecule has 4 heterocycles. The summed E-state index contributed by atoms with van der Waals surface area (Å²) in [5.41, 5.74) is 8.89. The van der Waals surface area contributed by atoms with Crippen LogP contribution < -0.4 is 21.1 Å². The lowest BCUT2D eigenvalue weighted by Crippen LogP contribution is -2.37. The molecule has 5 atom stereocenters. The largest absolute Gasteiger partial charge is 0.370 e. The van der Waals surface area contributed by atoms with E-state index in [0.717, 1.165) is 68.9 Å². The normalized spacial score (nSPS) is 28.9. The summed E-state index contributed by atoms with van der Waals surface area (Å²) < 4.78 is 6.45. The van der Waals surface area contributed by atoms with Gasteiger partial charge in [-0.2, -0.15) is 0 Å². The van der Waals surface area contributed by atoms with Crippen molar-refractivity contribution in [2.24, 2.45) is 5.92 Å². The molecule has 10 heteroatoms. The molecule has 33 heavy (non-hydrogen) atoms. The summed E-state index contributed by atoms with van der Waals surface area (Å²) >= 11 is 12.7. The predicted molar refractivity (Wildman–Crippen MR) is 129 cm³/mol. The van der Waals surface area contributed by atoms with E-state index >= 15 is 0 Å².